The van der Waals surface area contributed by atoms with Gasteiger partial charge in [-0.25, -0.2) is 4.57 Å². The maximum Gasteiger partial charge on any atom is 0.178 e. The summed E-state index contributed by atoms with van der Waals surface area (Å²) in [6.07, 6.45) is 10.9. The first-order valence-electron chi connectivity index (χ1n) is 7.72. The van der Waals surface area contributed by atoms with Crippen LogP contribution in [0.15, 0.2) is 36.5 Å². The predicted octanol–water partition coefficient (Wildman–Crippen LogP) is 1.41. The molecule has 2 heteroatoms. The van der Waals surface area contributed by atoms with Crippen LogP contribution < -0.4 is 21.5 Å². The van der Waals surface area contributed by atoms with E-state index in [0.717, 1.165) is 5.92 Å². The third-order valence-corrected chi connectivity index (χ3v) is 4.61. The lowest BCUT2D eigenvalue weighted by atomic mass is 9.87. The van der Waals surface area contributed by atoms with Gasteiger partial charge in [0, 0.05) is 24.8 Å². The van der Waals surface area contributed by atoms with E-state index in [4.69, 9.17) is 0 Å². The smallest absolute Gasteiger partial charge is 0.178 e. The summed E-state index contributed by atoms with van der Waals surface area (Å²) in [5.41, 5.74) is 1.38. The average Bonchev–Trinajstić information content (AvgIpc) is 2.46. The monoisotopic (exact) mass is 333 g/mol. The van der Waals surface area contributed by atoms with E-state index >= 15 is 0 Å². The Labute approximate surface area is 132 Å². The van der Waals surface area contributed by atoms with Gasteiger partial charge in [-0.05, 0) is 17.4 Å². The fourth-order valence-electron chi connectivity index (χ4n) is 3.38. The largest absolute Gasteiger partial charge is 1.00 e. The first-order chi connectivity index (χ1) is 9.33. The van der Waals surface area contributed by atoms with Gasteiger partial charge in [-0.15, -0.1) is 0 Å². The Morgan fingerprint density at radius 1 is 1.05 bits per heavy atom. The summed E-state index contributed by atoms with van der Waals surface area (Å²) in [6, 6.07) is 11.0. The second kappa shape index (κ2) is 7.21. The fraction of sp³-hybridized carbons (Fsp3) is 0.500. The van der Waals surface area contributed by atoms with Gasteiger partial charge in [0.15, 0.2) is 11.9 Å². The van der Waals surface area contributed by atoms with E-state index in [1.807, 2.05) is 0 Å². The molecule has 0 bridgehead atoms. The molecular formula is C18H24BrN. The lowest BCUT2D eigenvalue weighted by Crippen LogP contribution is -3.00. The quantitative estimate of drug-likeness (QED) is 0.748. The Morgan fingerprint density at radius 2 is 1.75 bits per heavy atom. The van der Waals surface area contributed by atoms with E-state index < -0.39 is 0 Å². The molecular weight excluding hydrogens is 310 g/mol. The van der Waals surface area contributed by atoms with Crippen LogP contribution in [0.1, 0.15) is 44.2 Å². The first kappa shape index (κ1) is 15.5. The zero-order valence-electron chi connectivity index (χ0n) is 12.3. The fourth-order valence-corrected chi connectivity index (χ4v) is 3.38. The van der Waals surface area contributed by atoms with Crippen molar-refractivity contribution in [1.82, 2.24) is 0 Å². The highest BCUT2D eigenvalue weighted by atomic mass is 79.9. The number of nitrogens with zero attached hydrogens (tertiary/aromatic N) is 1. The molecule has 2 aromatic rings. The Morgan fingerprint density at radius 3 is 2.50 bits per heavy atom. The van der Waals surface area contributed by atoms with Crippen molar-refractivity contribution in [3.05, 3.63) is 42.2 Å². The van der Waals surface area contributed by atoms with Crippen molar-refractivity contribution in [2.75, 3.05) is 0 Å². The maximum atomic E-state index is 2.44. The molecule has 20 heavy (non-hydrogen) atoms. The summed E-state index contributed by atoms with van der Waals surface area (Å²) in [7, 11) is 0. The van der Waals surface area contributed by atoms with E-state index in [0.29, 0.717) is 0 Å². The lowest BCUT2D eigenvalue weighted by molar-refractivity contribution is -0.702. The third kappa shape index (κ3) is 3.60. The second-order valence-electron chi connectivity index (χ2n) is 6.03. The normalized spacial score (nSPS) is 16.1. The van der Waals surface area contributed by atoms with Crippen LogP contribution in [-0.4, -0.2) is 0 Å². The van der Waals surface area contributed by atoms with Crippen LogP contribution in [0.3, 0.4) is 0 Å². The van der Waals surface area contributed by atoms with E-state index in [-0.39, 0.29) is 17.0 Å². The van der Waals surface area contributed by atoms with E-state index in [2.05, 4.69) is 48.0 Å². The minimum atomic E-state index is 0. The maximum absolute atomic E-state index is 2.44. The average molecular weight is 334 g/mol. The van der Waals surface area contributed by atoms with Gasteiger partial charge in [-0.2, -0.15) is 0 Å². The molecule has 1 aliphatic rings. The van der Waals surface area contributed by atoms with Gasteiger partial charge < -0.3 is 17.0 Å². The summed E-state index contributed by atoms with van der Waals surface area (Å²) in [5, 5.41) is 2.71. The molecule has 0 amide bonds. The molecule has 3 rings (SSSR count). The molecule has 0 saturated heterocycles. The molecule has 1 heterocycles. The summed E-state index contributed by atoms with van der Waals surface area (Å²) in [4.78, 5) is 0. The van der Waals surface area contributed by atoms with Crippen LogP contribution in [0.2, 0.25) is 0 Å². The summed E-state index contributed by atoms with van der Waals surface area (Å²) < 4.78 is 2.44. The van der Waals surface area contributed by atoms with Gasteiger partial charge in [0.25, 0.3) is 0 Å². The molecule has 0 spiro atoms. The molecule has 1 aromatic heterocycles. The number of rotatable bonds is 3. The minimum Gasteiger partial charge on any atom is -1.00 e. The Bertz CT molecular complexity index is 558. The van der Waals surface area contributed by atoms with Crippen molar-refractivity contribution in [3.8, 4) is 0 Å². The SMILES string of the molecule is Cc1cc2ccccc2c[n+]1CCC1CCCCC1.[Br-]. The van der Waals surface area contributed by atoms with Crippen molar-refractivity contribution in [2.45, 2.75) is 52.0 Å². The highest BCUT2D eigenvalue weighted by Gasteiger charge is 2.16. The zero-order chi connectivity index (χ0) is 13.1. The summed E-state index contributed by atoms with van der Waals surface area (Å²) in [6.45, 7) is 3.41. The molecule has 1 aromatic carbocycles. The molecule has 108 valence electrons. The van der Waals surface area contributed by atoms with Gasteiger partial charge in [-0.3, -0.25) is 0 Å². The Hall–Kier alpha value is -0.890. The Kier molecular flexibility index (Phi) is 5.59. The third-order valence-electron chi connectivity index (χ3n) is 4.61. The van der Waals surface area contributed by atoms with Crippen molar-refractivity contribution in [1.29, 1.82) is 0 Å². The van der Waals surface area contributed by atoms with Crippen molar-refractivity contribution in [2.24, 2.45) is 5.92 Å². The van der Waals surface area contributed by atoms with Gasteiger partial charge in [0.2, 0.25) is 0 Å². The topological polar surface area (TPSA) is 3.88 Å². The summed E-state index contributed by atoms with van der Waals surface area (Å²) in [5.74, 6) is 0.965. The van der Waals surface area contributed by atoms with Crippen LogP contribution in [0.4, 0.5) is 0 Å². The number of fused-ring (bicyclic) bond motifs is 1. The predicted molar refractivity (Wildman–Crippen MR) is 80.1 cm³/mol. The van der Waals surface area contributed by atoms with Crippen LogP contribution >= 0.6 is 0 Å². The van der Waals surface area contributed by atoms with Gasteiger partial charge >= 0.3 is 0 Å². The number of pyridine rings is 1. The number of aromatic nitrogens is 1. The molecule has 1 saturated carbocycles. The highest BCUT2D eigenvalue weighted by molar-refractivity contribution is 5.80. The molecule has 0 N–H and O–H groups in total. The highest BCUT2D eigenvalue weighted by Crippen LogP contribution is 2.26. The van der Waals surface area contributed by atoms with Gasteiger partial charge in [-0.1, -0.05) is 50.3 Å². The number of aryl methyl sites for hydroxylation is 2. The second-order valence-corrected chi connectivity index (χ2v) is 6.03. The molecule has 0 unspecified atom stereocenters. The van der Waals surface area contributed by atoms with E-state index in [1.165, 1.54) is 61.5 Å². The van der Waals surface area contributed by atoms with Crippen LogP contribution in [0, 0.1) is 12.8 Å². The molecule has 0 radical (unpaired) electrons. The van der Waals surface area contributed by atoms with Gasteiger partial charge in [0.05, 0.1) is 0 Å². The van der Waals surface area contributed by atoms with Gasteiger partial charge in [0.1, 0.15) is 6.54 Å². The first-order valence-corrected chi connectivity index (χ1v) is 7.72. The lowest BCUT2D eigenvalue weighted by Gasteiger charge is -2.20. The van der Waals surface area contributed by atoms with E-state index in [1.54, 1.807) is 0 Å². The standard InChI is InChI=1S/C18H24N.BrH/c1-15-13-17-9-5-6-10-18(17)14-19(15)12-11-16-7-3-2-4-8-16;/h5-6,9-10,13-14,16H,2-4,7-8,11-12H2,1H3;1H/q+1;/p-1. The minimum absolute atomic E-state index is 0. The van der Waals surface area contributed by atoms with Crippen molar-refractivity contribution in [3.63, 3.8) is 0 Å². The Balaban J connectivity index is 0.00000147. The van der Waals surface area contributed by atoms with Crippen LogP contribution in [0.25, 0.3) is 10.8 Å². The number of hydrogen-bond acceptors (Lipinski definition) is 0. The molecule has 0 aliphatic heterocycles. The zero-order valence-corrected chi connectivity index (χ0v) is 13.9. The van der Waals surface area contributed by atoms with Crippen molar-refractivity contribution < 1.29 is 21.5 Å². The molecule has 1 nitrogen and oxygen atoms in total. The van der Waals surface area contributed by atoms with Crippen LogP contribution in [0.5, 0.6) is 0 Å². The van der Waals surface area contributed by atoms with Crippen molar-refractivity contribution >= 4 is 10.8 Å². The van der Waals surface area contributed by atoms with Crippen LogP contribution in [-0.2, 0) is 6.54 Å². The molecule has 0 atom stereocenters. The number of benzene rings is 1. The number of halogens is 1. The summed E-state index contributed by atoms with van der Waals surface area (Å²) >= 11 is 0. The molecule has 1 fully saturated rings. The van der Waals surface area contributed by atoms with E-state index in [9.17, 15) is 0 Å². The molecule has 1 aliphatic carbocycles. The number of hydrogen-bond donors (Lipinski definition) is 0.